The quantitative estimate of drug-likeness (QED) is 0.423. The van der Waals surface area contributed by atoms with Crippen LogP contribution in [0.25, 0.3) is 0 Å². The Morgan fingerprint density at radius 3 is 2.29 bits per heavy atom. The maximum absolute atomic E-state index is 9.98. The summed E-state index contributed by atoms with van der Waals surface area (Å²) in [7, 11) is -1.97. The average molecular weight is 140 g/mol. The predicted molar refractivity (Wildman–Crippen MR) is 30.8 cm³/mol. The molecule has 0 aliphatic rings. The zero-order valence-electron chi connectivity index (χ0n) is 4.25. The molecular formula is C2H8O3SSi. The molecule has 0 rings (SSSR count). The summed E-state index contributed by atoms with van der Waals surface area (Å²) in [5.74, 6) is 0. The second kappa shape index (κ2) is 3.31. The van der Waals surface area contributed by atoms with Crippen LogP contribution in [0.15, 0.2) is 0 Å². The van der Waals surface area contributed by atoms with Gasteiger partial charge in [-0.05, 0) is 6.55 Å². The van der Waals surface area contributed by atoms with Crippen LogP contribution in [0.3, 0.4) is 0 Å². The van der Waals surface area contributed by atoms with Gasteiger partial charge in [-0.2, -0.15) is 0 Å². The van der Waals surface area contributed by atoms with Crippen molar-refractivity contribution in [2.75, 3.05) is 7.11 Å². The van der Waals surface area contributed by atoms with Crippen LogP contribution < -0.4 is 0 Å². The largest absolute Gasteiger partial charge is 0.409 e. The zero-order valence-corrected chi connectivity index (χ0v) is 6.22. The van der Waals surface area contributed by atoms with Crippen molar-refractivity contribution in [1.82, 2.24) is 0 Å². The van der Waals surface area contributed by atoms with Crippen molar-refractivity contribution in [2.45, 2.75) is 6.55 Å². The van der Waals surface area contributed by atoms with E-state index in [9.17, 15) is 4.21 Å². The van der Waals surface area contributed by atoms with Crippen LogP contribution in [0.1, 0.15) is 0 Å². The normalized spacial score (nSPS) is 18.7. The molecule has 2 atom stereocenters. The lowest BCUT2D eigenvalue weighted by Gasteiger charge is -1.97. The molecule has 5 heteroatoms. The fourth-order valence-corrected chi connectivity index (χ4v) is 0.741. The van der Waals surface area contributed by atoms with Gasteiger partial charge in [-0.1, -0.05) is 0 Å². The van der Waals surface area contributed by atoms with Crippen LogP contribution >= 0.6 is 0 Å². The Morgan fingerprint density at radius 2 is 2.29 bits per heavy atom. The van der Waals surface area contributed by atoms with E-state index in [0.29, 0.717) is 0 Å². The van der Waals surface area contributed by atoms with E-state index in [4.69, 9.17) is 4.55 Å². The first-order valence-electron chi connectivity index (χ1n) is 1.81. The van der Waals surface area contributed by atoms with Gasteiger partial charge in [-0.25, -0.2) is 4.21 Å². The highest BCUT2D eigenvalue weighted by atomic mass is 32.4. The van der Waals surface area contributed by atoms with Gasteiger partial charge < -0.3 is 8.98 Å². The molecule has 0 aromatic rings. The molecule has 0 aliphatic carbocycles. The van der Waals surface area contributed by atoms with Gasteiger partial charge in [-0.3, -0.25) is 0 Å². The van der Waals surface area contributed by atoms with Crippen molar-refractivity contribution < 1.29 is 13.2 Å². The van der Waals surface area contributed by atoms with Crippen molar-refractivity contribution in [2.24, 2.45) is 0 Å². The Labute approximate surface area is 46.3 Å². The molecule has 0 fully saturated rings. The Bertz CT molecular complexity index is 75.3. The van der Waals surface area contributed by atoms with Gasteiger partial charge in [0, 0.05) is 7.11 Å². The van der Waals surface area contributed by atoms with Crippen molar-refractivity contribution in [1.29, 1.82) is 0 Å². The number of hydrogen-bond acceptors (Lipinski definition) is 2. The van der Waals surface area contributed by atoms with Gasteiger partial charge in [0.2, 0.25) is 0 Å². The lowest BCUT2D eigenvalue weighted by atomic mass is 11.8. The van der Waals surface area contributed by atoms with E-state index < -0.39 is 18.7 Å². The summed E-state index contributed by atoms with van der Waals surface area (Å²) in [6, 6.07) is 0. The first kappa shape index (κ1) is 7.29. The Kier molecular flexibility index (Phi) is 3.45. The van der Waals surface area contributed by atoms with Gasteiger partial charge in [0.15, 0.2) is 0 Å². The van der Waals surface area contributed by atoms with Crippen LogP contribution in [-0.2, 0) is 15.0 Å². The summed E-state index contributed by atoms with van der Waals surface area (Å²) < 4.78 is 22.8. The molecule has 0 aliphatic heterocycles. The van der Waals surface area contributed by atoms with Crippen LogP contribution in [0.5, 0.6) is 0 Å². The maximum Gasteiger partial charge on any atom is 0.307 e. The predicted octanol–water partition coefficient (Wildman–Crippen LogP) is -0.295. The first-order valence-corrected chi connectivity index (χ1v) is 6.02. The summed E-state index contributed by atoms with van der Waals surface area (Å²) in [4.78, 5) is 0. The second-order valence-electron chi connectivity index (χ2n) is 1.08. The molecular weight excluding hydrogens is 132 g/mol. The smallest absolute Gasteiger partial charge is 0.307 e. The lowest BCUT2D eigenvalue weighted by molar-refractivity contribution is 0.434. The minimum Gasteiger partial charge on any atom is -0.409 e. The summed E-state index contributed by atoms with van der Waals surface area (Å²) >= 11 is 0. The molecule has 0 saturated carbocycles. The van der Waals surface area contributed by atoms with Gasteiger partial charge in [0.1, 0.15) is 10.5 Å². The molecule has 1 N–H and O–H groups in total. The van der Waals surface area contributed by atoms with Gasteiger partial charge in [0.05, 0.1) is 0 Å². The molecule has 0 saturated heterocycles. The van der Waals surface area contributed by atoms with Gasteiger partial charge >= 0.3 is 8.19 Å². The van der Waals surface area contributed by atoms with Crippen LogP contribution in [0, 0.1) is 0 Å². The lowest BCUT2D eigenvalue weighted by Crippen LogP contribution is -2.17. The Morgan fingerprint density at radius 1 is 1.86 bits per heavy atom. The molecule has 0 aromatic carbocycles. The molecule has 0 amide bonds. The fourth-order valence-electron chi connectivity index (χ4n) is 0.0823. The molecule has 2 unspecified atom stereocenters. The SMILES string of the molecule is CO[SiH](C)S(=O)O. The molecule has 0 spiro atoms. The van der Waals surface area contributed by atoms with E-state index in [1.165, 1.54) is 7.11 Å². The molecule has 44 valence electrons. The highest BCUT2D eigenvalue weighted by Crippen LogP contribution is 1.83. The number of rotatable bonds is 2. The molecule has 3 nitrogen and oxygen atoms in total. The Balaban J connectivity index is 3.34. The molecule has 0 radical (unpaired) electrons. The summed E-state index contributed by atoms with van der Waals surface area (Å²) in [6.45, 7) is 1.66. The third-order valence-corrected chi connectivity index (χ3v) is 4.13. The molecule has 0 aromatic heterocycles. The van der Waals surface area contributed by atoms with E-state index in [1.807, 2.05) is 0 Å². The molecule has 0 bridgehead atoms. The topological polar surface area (TPSA) is 46.5 Å². The highest BCUT2D eigenvalue weighted by Gasteiger charge is 2.07. The first-order chi connectivity index (χ1) is 3.18. The van der Waals surface area contributed by atoms with E-state index >= 15 is 0 Å². The number of hydrogen-bond donors (Lipinski definition) is 1. The van der Waals surface area contributed by atoms with E-state index in [1.54, 1.807) is 6.55 Å². The van der Waals surface area contributed by atoms with Crippen LogP contribution in [0.2, 0.25) is 6.55 Å². The molecule has 0 heterocycles. The van der Waals surface area contributed by atoms with E-state index in [2.05, 4.69) is 4.43 Å². The average Bonchev–Trinajstić information content (AvgIpc) is 1.65. The van der Waals surface area contributed by atoms with Crippen molar-refractivity contribution >= 4 is 18.7 Å². The molecule has 7 heavy (non-hydrogen) atoms. The minimum atomic E-state index is -1.73. The Hall–Kier alpha value is 0.287. The summed E-state index contributed by atoms with van der Waals surface area (Å²) in [5, 5.41) is 0. The maximum atomic E-state index is 9.98. The van der Waals surface area contributed by atoms with E-state index in [0.717, 1.165) is 0 Å². The van der Waals surface area contributed by atoms with Crippen molar-refractivity contribution in [3.63, 3.8) is 0 Å². The fraction of sp³-hybridized carbons (Fsp3) is 1.00. The standard InChI is InChI=1S/C2H8O3SSi/c1-5-7(2)6(3)4/h7H,1-2H3,(H,3,4). The minimum absolute atomic E-state index is 1.45. The third-order valence-electron chi connectivity index (χ3n) is 0.616. The summed E-state index contributed by atoms with van der Waals surface area (Å²) in [6.07, 6.45) is 0. The van der Waals surface area contributed by atoms with Gasteiger partial charge in [0.25, 0.3) is 0 Å². The monoisotopic (exact) mass is 140 g/mol. The van der Waals surface area contributed by atoms with Crippen molar-refractivity contribution in [3.05, 3.63) is 0 Å². The van der Waals surface area contributed by atoms with Crippen LogP contribution in [0.4, 0.5) is 0 Å². The van der Waals surface area contributed by atoms with Crippen molar-refractivity contribution in [3.8, 4) is 0 Å². The zero-order chi connectivity index (χ0) is 5.86. The third kappa shape index (κ3) is 2.92. The summed E-state index contributed by atoms with van der Waals surface area (Å²) in [5.41, 5.74) is 0. The van der Waals surface area contributed by atoms with E-state index in [-0.39, 0.29) is 0 Å². The van der Waals surface area contributed by atoms with Gasteiger partial charge in [-0.15, -0.1) is 0 Å². The highest BCUT2D eigenvalue weighted by molar-refractivity contribution is 8.08. The van der Waals surface area contributed by atoms with Crippen LogP contribution in [-0.4, -0.2) is 24.1 Å². The second-order valence-corrected chi connectivity index (χ2v) is 6.44.